The summed E-state index contributed by atoms with van der Waals surface area (Å²) in [6.07, 6.45) is 0. The molecule has 1 heterocycles. The molecule has 3 heteroatoms. The van der Waals surface area contributed by atoms with E-state index in [-0.39, 0.29) is 0 Å². The second kappa shape index (κ2) is 3.73. The van der Waals surface area contributed by atoms with Crippen LogP contribution in [0.3, 0.4) is 0 Å². The summed E-state index contributed by atoms with van der Waals surface area (Å²) in [5.74, 6) is 1.23. The zero-order chi connectivity index (χ0) is 10.1. The van der Waals surface area contributed by atoms with Crippen molar-refractivity contribution in [2.24, 2.45) is 0 Å². The molecule has 1 N–H and O–H groups in total. The van der Waals surface area contributed by atoms with Gasteiger partial charge in [0.1, 0.15) is 0 Å². The quantitative estimate of drug-likeness (QED) is 0.769. The van der Waals surface area contributed by atoms with Crippen LogP contribution in [0.15, 0.2) is 23.1 Å². The van der Waals surface area contributed by atoms with Crippen molar-refractivity contribution in [1.82, 2.24) is 0 Å². The van der Waals surface area contributed by atoms with Gasteiger partial charge in [-0.05, 0) is 23.6 Å². The van der Waals surface area contributed by atoms with Crippen molar-refractivity contribution in [3.05, 3.63) is 23.8 Å². The minimum Gasteiger partial charge on any atom is -0.383 e. The van der Waals surface area contributed by atoms with Crippen LogP contribution in [0.25, 0.3) is 0 Å². The Kier molecular flexibility index (Phi) is 2.59. The van der Waals surface area contributed by atoms with E-state index in [0.29, 0.717) is 5.92 Å². The van der Waals surface area contributed by atoms with Crippen LogP contribution in [0.2, 0.25) is 0 Å². The molecule has 1 unspecified atom stereocenters. The van der Waals surface area contributed by atoms with Crippen LogP contribution in [-0.2, 0) is 10.8 Å². The van der Waals surface area contributed by atoms with Gasteiger partial charge in [-0.25, -0.2) is 0 Å². The normalized spacial score (nSPS) is 20.4. The van der Waals surface area contributed by atoms with Gasteiger partial charge in [0.15, 0.2) is 0 Å². The molecule has 0 aliphatic carbocycles. The predicted octanol–water partition coefficient (Wildman–Crippen LogP) is 2.34. The van der Waals surface area contributed by atoms with Gasteiger partial charge in [0.05, 0.1) is 21.4 Å². The van der Waals surface area contributed by atoms with Crippen molar-refractivity contribution in [2.45, 2.75) is 24.7 Å². The third-order valence-electron chi connectivity index (χ3n) is 2.52. The van der Waals surface area contributed by atoms with Crippen LogP contribution in [0.5, 0.6) is 0 Å². The van der Waals surface area contributed by atoms with E-state index in [1.165, 1.54) is 5.56 Å². The fourth-order valence-electron chi connectivity index (χ4n) is 1.62. The average molecular weight is 209 g/mol. The molecule has 1 aromatic rings. The van der Waals surface area contributed by atoms with Gasteiger partial charge in [-0.15, -0.1) is 0 Å². The van der Waals surface area contributed by atoms with Gasteiger partial charge in [-0.2, -0.15) is 0 Å². The summed E-state index contributed by atoms with van der Waals surface area (Å²) >= 11 is 0. The Morgan fingerprint density at radius 1 is 1.43 bits per heavy atom. The molecule has 0 bridgehead atoms. The first-order chi connectivity index (χ1) is 6.68. The number of hydrogen-bond donors (Lipinski definition) is 1. The molecule has 1 aliphatic rings. The van der Waals surface area contributed by atoms with Crippen molar-refractivity contribution in [3.63, 3.8) is 0 Å². The molecule has 0 aromatic heterocycles. The topological polar surface area (TPSA) is 29.1 Å². The highest BCUT2D eigenvalue weighted by Crippen LogP contribution is 2.27. The summed E-state index contributed by atoms with van der Waals surface area (Å²) in [5.41, 5.74) is 2.31. The molecular formula is C11H15NOS. The van der Waals surface area contributed by atoms with Crippen molar-refractivity contribution in [3.8, 4) is 0 Å². The molecule has 2 nitrogen and oxygen atoms in total. The molecule has 14 heavy (non-hydrogen) atoms. The summed E-state index contributed by atoms with van der Waals surface area (Å²) in [5, 5.41) is 3.27. The Hall–Kier alpha value is -0.830. The van der Waals surface area contributed by atoms with E-state index in [9.17, 15) is 4.21 Å². The van der Waals surface area contributed by atoms with Gasteiger partial charge < -0.3 is 5.32 Å². The second-order valence-corrected chi connectivity index (χ2v) is 5.43. The molecular weight excluding hydrogens is 194 g/mol. The molecule has 76 valence electrons. The molecule has 0 fully saturated rings. The first kappa shape index (κ1) is 9.71. The summed E-state index contributed by atoms with van der Waals surface area (Å²) in [7, 11) is -0.804. The highest BCUT2D eigenvalue weighted by Gasteiger charge is 2.15. The lowest BCUT2D eigenvalue weighted by Gasteiger charge is -2.19. The standard InChI is InChI=1S/C11H15NOS/c1-8(2)9-3-4-10-11(7-9)14(13)6-5-12-10/h3-4,7-8,12H,5-6H2,1-2H3. The minimum absolute atomic E-state index is 0.499. The van der Waals surface area contributed by atoms with E-state index >= 15 is 0 Å². The SMILES string of the molecule is CC(C)c1ccc2c(c1)S(=O)CCN2. The number of anilines is 1. The van der Waals surface area contributed by atoms with Gasteiger partial charge in [-0.3, -0.25) is 4.21 Å². The van der Waals surface area contributed by atoms with E-state index in [1.54, 1.807) is 0 Å². The molecule has 1 atom stereocenters. The number of nitrogens with one attached hydrogen (secondary N) is 1. The Balaban J connectivity index is 2.46. The Bertz CT molecular complexity index is 374. The van der Waals surface area contributed by atoms with Crippen molar-refractivity contribution in [2.75, 3.05) is 17.6 Å². The third-order valence-corrected chi connectivity index (χ3v) is 3.92. The molecule has 1 aromatic carbocycles. The lowest BCUT2D eigenvalue weighted by atomic mass is 10.0. The van der Waals surface area contributed by atoms with Crippen LogP contribution >= 0.6 is 0 Å². The van der Waals surface area contributed by atoms with Gasteiger partial charge in [0.2, 0.25) is 0 Å². The van der Waals surface area contributed by atoms with Crippen LogP contribution in [-0.4, -0.2) is 16.5 Å². The molecule has 0 spiro atoms. The Labute approximate surface area is 87.2 Å². The van der Waals surface area contributed by atoms with Crippen molar-refractivity contribution >= 4 is 16.5 Å². The van der Waals surface area contributed by atoms with Crippen molar-refractivity contribution < 1.29 is 4.21 Å². The highest BCUT2D eigenvalue weighted by molar-refractivity contribution is 7.85. The highest BCUT2D eigenvalue weighted by atomic mass is 32.2. The van der Waals surface area contributed by atoms with E-state index < -0.39 is 10.8 Å². The Morgan fingerprint density at radius 2 is 2.21 bits per heavy atom. The Morgan fingerprint density at radius 3 is 2.93 bits per heavy atom. The fourth-order valence-corrected chi connectivity index (χ4v) is 2.78. The van der Waals surface area contributed by atoms with Gasteiger partial charge >= 0.3 is 0 Å². The maximum absolute atomic E-state index is 11.7. The lowest BCUT2D eigenvalue weighted by molar-refractivity contribution is 0.681. The van der Waals surface area contributed by atoms with Gasteiger partial charge in [0.25, 0.3) is 0 Å². The number of rotatable bonds is 1. The summed E-state index contributed by atoms with van der Waals surface area (Å²) in [4.78, 5) is 0.974. The first-order valence-corrected chi connectivity index (χ1v) is 6.26. The third kappa shape index (κ3) is 1.69. The number of fused-ring (bicyclic) bond motifs is 1. The molecule has 0 radical (unpaired) electrons. The smallest absolute Gasteiger partial charge is 0.0622 e. The van der Waals surface area contributed by atoms with E-state index in [4.69, 9.17) is 0 Å². The lowest BCUT2D eigenvalue weighted by Crippen LogP contribution is -2.18. The van der Waals surface area contributed by atoms with E-state index in [2.05, 4.69) is 31.3 Å². The summed E-state index contributed by atoms with van der Waals surface area (Å²) < 4.78 is 11.7. The van der Waals surface area contributed by atoms with Gasteiger partial charge in [0, 0.05) is 12.3 Å². The second-order valence-electron chi connectivity index (χ2n) is 3.89. The summed E-state index contributed by atoms with van der Waals surface area (Å²) in [6, 6.07) is 6.23. The maximum Gasteiger partial charge on any atom is 0.0622 e. The fraction of sp³-hybridized carbons (Fsp3) is 0.455. The van der Waals surface area contributed by atoms with E-state index in [1.807, 2.05) is 6.07 Å². The van der Waals surface area contributed by atoms with Crippen LogP contribution < -0.4 is 5.32 Å². The van der Waals surface area contributed by atoms with E-state index in [0.717, 1.165) is 22.9 Å². The monoisotopic (exact) mass is 209 g/mol. The average Bonchev–Trinajstić information content (AvgIpc) is 2.18. The number of hydrogen-bond acceptors (Lipinski definition) is 2. The number of benzene rings is 1. The minimum atomic E-state index is -0.804. The predicted molar refractivity (Wildman–Crippen MR) is 60.3 cm³/mol. The molecule has 0 saturated heterocycles. The first-order valence-electron chi connectivity index (χ1n) is 4.94. The van der Waals surface area contributed by atoms with Crippen molar-refractivity contribution in [1.29, 1.82) is 0 Å². The van der Waals surface area contributed by atoms with Crippen LogP contribution in [0, 0.1) is 0 Å². The van der Waals surface area contributed by atoms with Gasteiger partial charge in [-0.1, -0.05) is 19.9 Å². The zero-order valence-corrected chi connectivity index (χ0v) is 9.36. The molecule has 2 rings (SSSR count). The zero-order valence-electron chi connectivity index (χ0n) is 8.54. The summed E-state index contributed by atoms with van der Waals surface area (Å²) in [6.45, 7) is 5.13. The molecule has 1 aliphatic heterocycles. The maximum atomic E-state index is 11.7. The molecule has 0 amide bonds. The van der Waals surface area contributed by atoms with Crippen LogP contribution in [0.1, 0.15) is 25.3 Å². The largest absolute Gasteiger partial charge is 0.383 e. The van der Waals surface area contributed by atoms with Crippen LogP contribution in [0.4, 0.5) is 5.69 Å². The molecule has 0 saturated carbocycles.